The third kappa shape index (κ3) is 2.03. The highest BCUT2D eigenvalue weighted by molar-refractivity contribution is 6.02. The highest BCUT2D eigenvalue weighted by Gasteiger charge is 2.18. The molecule has 0 unspecified atom stereocenters. The van der Waals surface area contributed by atoms with Crippen molar-refractivity contribution in [3.8, 4) is 5.75 Å². The van der Waals surface area contributed by atoms with E-state index in [2.05, 4.69) is 10.6 Å². The monoisotopic (exact) mass is 206 g/mol. The van der Waals surface area contributed by atoms with Crippen molar-refractivity contribution in [3.63, 3.8) is 0 Å². The highest BCUT2D eigenvalue weighted by Crippen LogP contribution is 2.34. The second kappa shape index (κ2) is 3.81. The number of carbonyl (C=O) groups is 1. The molecule has 0 saturated heterocycles. The average Bonchev–Trinajstić information content (AvgIpc) is 2.18. The number of para-hydroxylation sites is 1. The molecule has 80 valence electrons. The Bertz CT molecular complexity index is 388. The summed E-state index contributed by atoms with van der Waals surface area (Å²) in [5.74, 6) is 0.672. The van der Waals surface area contributed by atoms with Crippen molar-refractivity contribution < 1.29 is 9.53 Å². The minimum Gasteiger partial charge on any atom is -0.489 e. The third-order valence-corrected chi connectivity index (χ3v) is 2.09. The number of amides is 1. The molecule has 0 aliphatic carbocycles. The van der Waals surface area contributed by atoms with Crippen LogP contribution in [-0.2, 0) is 4.79 Å². The van der Waals surface area contributed by atoms with E-state index in [1.807, 2.05) is 32.0 Å². The average molecular weight is 206 g/mol. The second-order valence-electron chi connectivity index (χ2n) is 3.75. The van der Waals surface area contributed by atoms with E-state index in [4.69, 9.17) is 4.74 Å². The Labute approximate surface area is 88.6 Å². The van der Waals surface area contributed by atoms with Crippen LogP contribution >= 0.6 is 0 Å². The van der Waals surface area contributed by atoms with Crippen molar-refractivity contribution in [2.75, 3.05) is 17.2 Å². The summed E-state index contributed by atoms with van der Waals surface area (Å²) in [6.45, 7) is 4.23. The molecule has 1 heterocycles. The van der Waals surface area contributed by atoms with E-state index in [9.17, 15) is 4.79 Å². The van der Waals surface area contributed by atoms with E-state index >= 15 is 0 Å². The van der Waals surface area contributed by atoms with Crippen molar-refractivity contribution >= 4 is 17.3 Å². The first-order chi connectivity index (χ1) is 7.16. The summed E-state index contributed by atoms with van der Waals surface area (Å²) in [5, 5.41) is 5.84. The quantitative estimate of drug-likeness (QED) is 0.776. The lowest BCUT2D eigenvalue weighted by Crippen LogP contribution is -2.28. The number of ether oxygens (including phenoxy) is 1. The molecule has 2 N–H and O–H groups in total. The minimum atomic E-state index is -0.0395. The van der Waals surface area contributed by atoms with Crippen LogP contribution < -0.4 is 15.4 Å². The van der Waals surface area contributed by atoms with Gasteiger partial charge in [-0.1, -0.05) is 6.07 Å². The number of nitrogens with one attached hydrogen (secondary N) is 2. The molecule has 4 nitrogen and oxygen atoms in total. The number of hydrogen-bond donors (Lipinski definition) is 2. The van der Waals surface area contributed by atoms with Crippen LogP contribution in [0.2, 0.25) is 0 Å². The molecule has 0 saturated carbocycles. The molecule has 15 heavy (non-hydrogen) atoms. The van der Waals surface area contributed by atoms with Gasteiger partial charge < -0.3 is 15.4 Å². The number of hydrogen-bond acceptors (Lipinski definition) is 3. The molecule has 0 bridgehead atoms. The molecule has 4 heteroatoms. The fourth-order valence-electron chi connectivity index (χ4n) is 1.52. The van der Waals surface area contributed by atoms with E-state index in [1.165, 1.54) is 0 Å². The van der Waals surface area contributed by atoms with Gasteiger partial charge in [0.2, 0.25) is 5.91 Å². The van der Waals surface area contributed by atoms with Crippen LogP contribution in [0, 0.1) is 0 Å². The summed E-state index contributed by atoms with van der Waals surface area (Å²) >= 11 is 0. The second-order valence-corrected chi connectivity index (χ2v) is 3.75. The van der Waals surface area contributed by atoms with Crippen molar-refractivity contribution in [1.29, 1.82) is 0 Å². The molecular weight excluding hydrogens is 192 g/mol. The summed E-state index contributed by atoms with van der Waals surface area (Å²) in [7, 11) is 0. The summed E-state index contributed by atoms with van der Waals surface area (Å²) in [6, 6.07) is 5.68. The first kappa shape index (κ1) is 9.83. The predicted molar refractivity (Wildman–Crippen MR) is 59.3 cm³/mol. The molecule has 0 spiro atoms. The van der Waals surface area contributed by atoms with Crippen LogP contribution in [0.15, 0.2) is 18.2 Å². The van der Waals surface area contributed by atoms with Crippen LogP contribution in [-0.4, -0.2) is 18.6 Å². The van der Waals surface area contributed by atoms with Gasteiger partial charge in [0.15, 0.2) is 0 Å². The SMILES string of the molecule is CC(C)Oc1cccc2c1NC(=O)CN2. The van der Waals surface area contributed by atoms with Gasteiger partial charge in [0.25, 0.3) is 0 Å². The Morgan fingerprint density at radius 1 is 1.40 bits per heavy atom. The van der Waals surface area contributed by atoms with E-state index in [0.717, 1.165) is 11.4 Å². The summed E-state index contributed by atoms with van der Waals surface area (Å²) in [5.41, 5.74) is 1.65. The van der Waals surface area contributed by atoms with Crippen LogP contribution in [0.25, 0.3) is 0 Å². The predicted octanol–water partition coefficient (Wildman–Crippen LogP) is 1.84. The molecule has 1 aromatic rings. The van der Waals surface area contributed by atoms with Crippen molar-refractivity contribution in [2.45, 2.75) is 20.0 Å². The summed E-state index contributed by atoms with van der Waals surface area (Å²) in [6.07, 6.45) is 0.0929. The number of carbonyl (C=O) groups excluding carboxylic acids is 1. The van der Waals surface area contributed by atoms with Gasteiger partial charge in [-0.25, -0.2) is 0 Å². The molecule has 1 aliphatic rings. The Kier molecular flexibility index (Phi) is 2.49. The number of rotatable bonds is 2. The molecule has 0 fully saturated rings. The van der Waals surface area contributed by atoms with Gasteiger partial charge in [0.1, 0.15) is 11.4 Å². The molecule has 0 atom stereocenters. The standard InChI is InChI=1S/C11H14N2O2/c1-7(2)15-9-5-3-4-8-11(9)13-10(14)6-12-8/h3-5,7,12H,6H2,1-2H3,(H,13,14). The molecule has 1 aliphatic heterocycles. The van der Waals surface area contributed by atoms with E-state index in [0.29, 0.717) is 12.3 Å². The van der Waals surface area contributed by atoms with Crippen LogP contribution in [0.4, 0.5) is 11.4 Å². The number of anilines is 2. The maximum Gasteiger partial charge on any atom is 0.243 e. The summed E-state index contributed by atoms with van der Waals surface area (Å²) < 4.78 is 5.61. The zero-order valence-corrected chi connectivity index (χ0v) is 8.83. The zero-order chi connectivity index (χ0) is 10.8. The van der Waals surface area contributed by atoms with Gasteiger partial charge in [-0.3, -0.25) is 4.79 Å². The maximum absolute atomic E-state index is 11.2. The smallest absolute Gasteiger partial charge is 0.243 e. The normalized spacial score (nSPS) is 14.2. The number of benzene rings is 1. The molecule has 0 radical (unpaired) electrons. The van der Waals surface area contributed by atoms with Crippen molar-refractivity contribution in [2.24, 2.45) is 0 Å². The largest absolute Gasteiger partial charge is 0.489 e. The van der Waals surface area contributed by atoms with Crippen LogP contribution in [0.5, 0.6) is 5.75 Å². The third-order valence-electron chi connectivity index (χ3n) is 2.09. The van der Waals surface area contributed by atoms with Crippen LogP contribution in [0.1, 0.15) is 13.8 Å². The molecule has 0 aromatic heterocycles. The topological polar surface area (TPSA) is 50.4 Å². The summed E-state index contributed by atoms with van der Waals surface area (Å²) in [4.78, 5) is 11.2. The van der Waals surface area contributed by atoms with E-state index < -0.39 is 0 Å². The van der Waals surface area contributed by atoms with Gasteiger partial charge in [0.05, 0.1) is 18.3 Å². The zero-order valence-electron chi connectivity index (χ0n) is 8.83. The minimum absolute atomic E-state index is 0.0395. The fourth-order valence-corrected chi connectivity index (χ4v) is 1.52. The lowest BCUT2D eigenvalue weighted by atomic mass is 10.2. The Morgan fingerprint density at radius 3 is 2.93 bits per heavy atom. The van der Waals surface area contributed by atoms with Crippen molar-refractivity contribution in [3.05, 3.63) is 18.2 Å². The van der Waals surface area contributed by atoms with Gasteiger partial charge >= 0.3 is 0 Å². The first-order valence-corrected chi connectivity index (χ1v) is 5.00. The van der Waals surface area contributed by atoms with Gasteiger partial charge in [-0.05, 0) is 26.0 Å². The van der Waals surface area contributed by atoms with E-state index in [1.54, 1.807) is 0 Å². The Hall–Kier alpha value is -1.71. The fraction of sp³-hybridized carbons (Fsp3) is 0.364. The molecule has 1 amide bonds. The first-order valence-electron chi connectivity index (χ1n) is 5.00. The maximum atomic E-state index is 11.2. The lowest BCUT2D eigenvalue weighted by Gasteiger charge is -2.22. The van der Waals surface area contributed by atoms with Crippen LogP contribution in [0.3, 0.4) is 0 Å². The Morgan fingerprint density at radius 2 is 2.20 bits per heavy atom. The van der Waals surface area contributed by atoms with Gasteiger partial charge in [-0.2, -0.15) is 0 Å². The Balaban J connectivity index is 2.35. The van der Waals surface area contributed by atoms with Gasteiger partial charge in [-0.15, -0.1) is 0 Å². The molecule has 2 rings (SSSR count). The molecular formula is C11H14N2O2. The molecule has 1 aromatic carbocycles. The van der Waals surface area contributed by atoms with E-state index in [-0.39, 0.29) is 12.0 Å². The highest BCUT2D eigenvalue weighted by atomic mass is 16.5. The van der Waals surface area contributed by atoms with Gasteiger partial charge in [0, 0.05) is 0 Å². The lowest BCUT2D eigenvalue weighted by molar-refractivity contribution is -0.114. The number of fused-ring (bicyclic) bond motifs is 1. The van der Waals surface area contributed by atoms with Crippen molar-refractivity contribution in [1.82, 2.24) is 0 Å².